The van der Waals surface area contributed by atoms with E-state index < -0.39 is 17.7 Å². The highest BCUT2D eigenvalue weighted by Gasteiger charge is 2.34. The molecule has 4 rings (SSSR count). The van der Waals surface area contributed by atoms with E-state index in [1.54, 1.807) is 25.1 Å². The summed E-state index contributed by atoms with van der Waals surface area (Å²) < 4.78 is 45.6. The maximum Gasteiger partial charge on any atom is 0.418 e. The Kier molecular flexibility index (Phi) is 6.92. The molecule has 4 aromatic rings. The lowest BCUT2D eigenvalue weighted by molar-refractivity contribution is -0.138. The number of hydrogen-bond donors (Lipinski definition) is 2. The fraction of sp³-hybridized carbons (Fsp3) is 0.200. The van der Waals surface area contributed by atoms with Gasteiger partial charge in [-0.25, -0.2) is 0 Å². The average molecular weight is 482 g/mol. The number of nitrogens with one attached hydrogen (secondary N) is 1. The monoisotopic (exact) mass is 482 g/mol. The molecule has 0 atom stereocenters. The lowest BCUT2D eigenvalue weighted by atomic mass is 9.98. The maximum absolute atomic E-state index is 13.4. The van der Waals surface area contributed by atoms with Gasteiger partial charge in [0.05, 0.1) is 17.7 Å². The molecule has 2 aromatic heterocycles. The molecule has 180 valence electrons. The third-order valence-corrected chi connectivity index (χ3v) is 5.32. The molecule has 0 amide bonds. The molecular weight excluding hydrogens is 461 g/mol. The summed E-state index contributed by atoms with van der Waals surface area (Å²) in [5, 5.41) is 15.7. The van der Waals surface area contributed by atoms with Crippen molar-refractivity contribution in [3.8, 4) is 34.1 Å². The molecule has 0 aliphatic carbocycles. The molecule has 0 unspecified atom stereocenters. The first-order valence-electron chi connectivity index (χ1n) is 10.7. The highest BCUT2D eigenvalue weighted by molar-refractivity contribution is 5.71. The summed E-state index contributed by atoms with van der Waals surface area (Å²) in [5.41, 5.74) is 2.31. The van der Waals surface area contributed by atoms with Crippen molar-refractivity contribution in [3.05, 3.63) is 77.5 Å². The molecule has 10 heteroatoms. The standard InChI is InChI=1S/C25H21F3N4O3/c1-15-13-18(8-9-19(15)22-20(25(26,27)28)3-2-11-30-22)24-31-23(32-35-24)17-6-4-16(5-7-17)14-29-12-10-21(33)34/h2-9,11,13,29H,10,12,14H2,1H3,(H,33,34). The van der Waals surface area contributed by atoms with Gasteiger partial charge in [-0.2, -0.15) is 18.2 Å². The summed E-state index contributed by atoms with van der Waals surface area (Å²) in [6.07, 6.45) is -3.13. The van der Waals surface area contributed by atoms with E-state index in [1.807, 2.05) is 24.3 Å². The highest BCUT2D eigenvalue weighted by atomic mass is 19.4. The number of benzene rings is 2. The molecule has 2 heterocycles. The number of carboxylic acid groups (broad SMARTS) is 1. The number of nitrogens with zero attached hydrogens (tertiary/aromatic N) is 3. The number of carboxylic acids is 1. The van der Waals surface area contributed by atoms with Crippen LogP contribution >= 0.6 is 0 Å². The fourth-order valence-electron chi connectivity index (χ4n) is 3.57. The molecule has 0 aliphatic heterocycles. The van der Waals surface area contributed by atoms with Gasteiger partial charge in [0.2, 0.25) is 5.82 Å². The van der Waals surface area contributed by atoms with Gasteiger partial charge in [-0.1, -0.05) is 35.5 Å². The number of aliphatic carboxylic acids is 1. The van der Waals surface area contributed by atoms with Crippen molar-refractivity contribution in [1.82, 2.24) is 20.4 Å². The Morgan fingerprint density at radius 1 is 1.09 bits per heavy atom. The van der Waals surface area contributed by atoms with Crippen molar-refractivity contribution in [3.63, 3.8) is 0 Å². The number of rotatable bonds is 8. The molecule has 0 fully saturated rings. The fourth-order valence-corrected chi connectivity index (χ4v) is 3.57. The summed E-state index contributed by atoms with van der Waals surface area (Å²) in [5.74, 6) is -0.240. The summed E-state index contributed by atoms with van der Waals surface area (Å²) in [6.45, 7) is 2.61. The minimum atomic E-state index is -4.51. The van der Waals surface area contributed by atoms with Crippen LogP contribution < -0.4 is 5.32 Å². The predicted octanol–water partition coefficient (Wildman–Crippen LogP) is 5.36. The van der Waals surface area contributed by atoms with Crippen LogP contribution in [0.15, 0.2) is 65.3 Å². The lowest BCUT2D eigenvalue weighted by Gasteiger charge is -2.13. The van der Waals surface area contributed by atoms with E-state index in [0.717, 1.165) is 17.2 Å². The van der Waals surface area contributed by atoms with Crippen LogP contribution in [-0.2, 0) is 17.5 Å². The summed E-state index contributed by atoms with van der Waals surface area (Å²) in [7, 11) is 0. The normalized spacial score (nSPS) is 11.5. The SMILES string of the molecule is Cc1cc(-c2nc(-c3ccc(CNCCC(=O)O)cc3)no2)ccc1-c1ncccc1C(F)(F)F. The molecule has 2 N–H and O–H groups in total. The molecule has 2 aromatic carbocycles. The Morgan fingerprint density at radius 2 is 1.83 bits per heavy atom. The van der Waals surface area contributed by atoms with E-state index in [2.05, 4.69) is 20.4 Å². The Morgan fingerprint density at radius 3 is 2.51 bits per heavy atom. The Bertz CT molecular complexity index is 1330. The van der Waals surface area contributed by atoms with Crippen molar-refractivity contribution in [2.45, 2.75) is 26.1 Å². The van der Waals surface area contributed by atoms with Crippen molar-refractivity contribution in [1.29, 1.82) is 0 Å². The number of halogens is 3. The first kappa shape index (κ1) is 24.1. The zero-order chi connectivity index (χ0) is 25.0. The van der Waals surface area contributed by atoms with Gasteiger partial charge in [0, 0.05) is 36.0 Å². The van der Waals surface area contributed by atoms with Crippen molar-refractivity contribution in [2.24, 2.45) is 0 Å². The van der Waals surface area contributed by atoms with Crippen molar-refractivity contribution < 1.29 is 27.6 Å². The first-order valence-corrected chi connectivity index (χ1v) is 10.7. The number of alkyl halides is 3. The molecule has 0 saturated carbocycles. The van der Waals surface area contributed by atoms with Crippen LogP contribution in [0.25, 0.3) is 34.1 Å². The second kappa shape index (κ2) is 10.1. The number of aromatic nitrogens is 3. The second-order valence-corrected chi connectivity index (χ2v) is 7.87. The molecular formula is C25H21F3N4O3. The van der Waals surface area contributed by atoms with Gasteiger partial charge < -0.3 is 14.9 Å². The van der Waals surface area contributed by atoms with Gasteiger partial charge in [-0.15, -0.1) is 0 Å². The number of carbonyl (C=O) groups is 1. The van der Waals surface area contributed by atoms with Crippen LogP contribution in [0.1, 0.15) is 23.1 Å². The number of hydrogen-bond acceptors (Lipinski definition) is 6. The van der Waals surface area contributed by atoms with Crippen LogP contribution in [-0.4, -0.2) is 32.7 Å². The van der Waals surface area contributed by atoms with E-state index in [9.17, 15) is 18.0 Å². The van der Waals surface area contributed by atoms with Crippen LogP contribution in [0, 0.1) is 6.92 Å². The van der Waals surface area contributed by atoms with Crippen LogP contribution in [0.4, 0.5) is 13.2 Å². The van der Waals surface area contributed by atoms with Gasteiger partial charge in [0.1, 0.15) is 0 Å². The van der Waals surface area contributed by atoms with Crippen LogP contribution in [0.2, 0.25) is 0 Å². The molecule has 0 aliphatic rings. The van der Waals surface area contributed by atoms with E-state index in [4.69, 9.17) is 9.63 Å². The number of aryl methyl sites for hydroxylation is 1. The quantitative estimate of drug-likeness (QED) is 0.326. The van der Waals surface area contributed by atoms with Gasteiger partial charge in [0.25, 0.3) is 5.89 Å². The molecule has 0 spiro atoms. The average Bonchev–Trinajstić information content (AvgIpc) is 3.32. The minimum absolute atomic E-state index is 0.0511. The molecule has 35 heavy (non-hydrogen) atoms. The summed E-state index contributed by atoms with van der Waals surface area (Å²) in [6, 6.07) is 14.6. The van der Waals surface area contributed by atoms with E-state index in [0.29, 0.717) is 35.6 Å². The van der Waals surface area contributed by atoms with Gasteiger partial charge in [0.15, 0.2) is 0 Å². The maximum atomic E-state index is 13.4. The summed E-state index contributed by atoms with van der Waals surface area (Å²) >= 11 is 0. The molecule has 0 radical (unpaired) electrons. The number of pyridine rings is 1. The van der Waals surface area contributed by atoms with Crippen molar-refractivity contribution >= 4 is 5.97 Å². The van der Waals surface area contributed by atoms with E-state index in [1.165, 1.54) is 12.3 Å². The predicted molar refractivity (Wildman–Crippen MR) is 122 cm³/mol. The lowest BCUT2D eigenvalue weighted by Crippen LogP contribution is -2.17. The zero-order valence-electron chi connectivity index (χ0n) is 18.6. The highest BCUT2D eigenvalue weighted by Crippen LogP contribution is 2.37. The molecule has 0 saturated heterocycles. The molecule has 7 nitrogen and oxygen atoms in total. The van der Waals surface area contributed by atoms with Crippen molar-refractivity contribution in [2.75, 3.05) is 6.54 Å². The largest absolute Gasteiger partial charge is 0.481 e. The van der Waals surface area contributed by atoms with E-state index in [-0.39, 0.29) is 18.0 Å². The third kappa shape index (κ3) is 5.72. The third-order valence-electron chi connectivity index (χ3n) is 5.32. The van der Waals surface area contributed by atoms with Crippen LogP contribution in [0.5, 0.6) is 0 Å². The van der Waals surface area contributed by atoms with Gasteiger partial charge in [-0.05, 0) is 42.3 Å². The second-order valence-electron chi connectivity index (χ2n) is 7.87. The Labute approximate surface area is 198 Å². The smallest absolute Gasteiger partial charge is 0.418 e. The Hall–Kier alpha value is -4.05. The first-order chi connectivity index (χ1) is 16.7. The molecule has 0 bridgehead atoms. The zero-order valence-corrected chi connectivity index (χ0v) is 18.6. The van der Waals surface area contributed by atoms with Gasteiger partial charge in [-0.3, -0.25) is 9.78 Å². The Balaban J connectivity index is 1.51. The topological polar surface area (TPSA) is 101 Å². The van der Waals surface area contributed by atoms with E-state index >= 15 is 0 Å². The summed E-state index contributed by atoms with van der Waals surface area (Å²) in [4.78, 5) is 18.9. The minimum Gasteiger partial charge on any atom is -0.481 e. The van der Waals surface area contributed by atoms with Crippen LogP contribution in [0.3, 0.4) is 0 Å². The van der Waals surface area contributed by atoms with Gasteiger partial charge >= 0.3 is 12.1 Å².